The molecule has 0 aliphatic heterocycles. The highest BCUT2D eigenvalue weighted by molar-refractivity contribution is 6.37. The average molecular weight is 623 g/mol. The normalized spacial score (nSPS) is 12.5. The lowest BCUT2D eigenvalue weighted by Crippen LogP contribution is -1.98. The summed E-state index contributed by atoms with van der Waals surface area (Å²) in [5.41, 5.74) is 10.5. The molecule has 0 saturated heterocycles. The number of nitrogens with zero attached hydrogens (tertiary/aromatic N) is 4. The summed E-state index contributed by atoms with van der Waals surface area (Å²) in [7, 11) is 0. The molecule has 0 fully saturated rings. The zero-order chi connectivity index (χ0) is 31.8. The Kier molecular flexibility index (Phi) is 4.69. The van der Waals surface area contributed by atoms with Crippen LogP contribution in [0.3, 0.4) is 0 Å². The van der Waals surface area contributed by atoms with Crippen molar-refractivity contribution in [3.63, 3.8) is 0 Å². The second-order valence-corrected chi connectivity index (χ2v) is 13.2. The van der Waals surface area contributed by atoms with Gasteiger partial charge in [0.1, 0.15) is 5.65 Å². The molecular formula is C45H26N4. The number of fused-ring (bicyclic) bond motifs is 15. The third-order valence-electron chi connectivity index (χ3n) is 10.8. The van der Waals surface area contributed by atoms with Gasteiger partial charge in [-0.15, -0.1) is 0 Å². The molecule has 0 radical (unpaired) electrons. The molecule has 0 unspecified atom stereocenters. The van der Waals surface area contributed by atoms with Crippen molar-refractivity contribution in [3.05, 3.63) is 158 Å². The van der Waals surface area contributed by atoms with Crippen LogP contribution in [0, 0.1) is 0 Å². The highest BCUT2D eigenvalue weighted by Crippen LogP contribution is 2.48. The Hall–Kier alpha value is -6.65. The topological polar surface area (TPSA) is 27.2 Å². The molecule has 226 valence electrons. The lowest BCUT2D eigenvalue weighted by molar-refractivity contribution is 1.11. The maximum Gasteiger partial charge on any atom is 0.145 e. The molecule has 49 heavy (non-hydrogen) atoms. The van der Waals surface area contributed by atoms with E-state index in [1.807, 2.05) is 0 Å². The minimum Gasteiger partial charge on any atom is -0.308 e. The Labute approximate surface area is 279 Å². The maximum absolute atomic E-state index is 5.23. The first-order valence-corrected chi connectivity index (χ1v) is 16.8. The van der Waals surface area contributed by atoms with Crippen LogP contribution in [-0.4, -0.2) is 18.5 Å². The minimum atomic E-state index is 0.960. The Morgan fingerprint density at radius 1 is 0.367 bits per heavy atom. The van der Waals surface area contributed by atoms with Crippen LogP contribution in [0.15, 0.2) is 158 Å². The predicted molar refractivity (Wildman–Crippen MR) is 205 cm³/mol. The molecule has 0 bridgehead atoms. The average Bonchev–Trinajstić information content (AvgIpc) is 3.88. The van der Waals surface area contributed by atoms with E-state index in [1.54, 1.807) is 0 Å². The third-order valence-corrected chi connectivity index (χ3v) is 10.8. The number of para-hydroxylation sites is 4. The molecule has 0 amide bonds. The van der Waals surface area contributed by atoms with E-state index >= 15 is 0 Å². The van der Waals surface area contributed by atoms with Gasteiger partial charge in [-0.2, -0.15) is 0 Å². The van der Waals surface area contributed by atoms with Crippen LogP contribution in [0.1, 0.15) is 0 Å². The molecule has 0 spiro atoms. The monoisotopic (exact) mass is 622 g/mol. The second kappa shape index (κ2) is 9.03. The van der Waals surface area contributed by atoms with E-state index in [1.165, 1.54) is 76.1 Å². The Morgan fingerprint density at radius 3 is 1.84 bits per heavy atom. The van der Waals surface area contributed by atoms with Crippen molar-refractivity contribution in [1.29, 1.82) is 0 Å². The fourth-order valence-corrected chi connectivity index (χ4v) is 8.84. The van der Waals surface area contributed by atoms with Crippen LogP contribution in [-0.2, 0) is 0 Å². The fraction of sp³-hybridized carbons (Fsp3) is 0. The van der Waals surface area contributed by atoms with Gasteiger partial charge in [0.2, 0.25) is 0 Å². The first-order chi connectivity index (χ1) is 24.3. The van der Waals surface area contributed by atoms with Crippen molar-refractivity contribution >= 4 is 92.6 Å². The van der Waals surface area contributed by atoms with Gasteiger partial charge in [0.05, 0.1) is 45.0 Å². The molecular weight excluding hydrogens is 597 g/mol. The van der Waals surface area contributed by atoms with Crippen LogP contribution in [0.2, 0.25) is 0 Å². The maximum atomic E-state index is 5.23. The minimum absolute atomic E-state index is 0.960. The molecule has 0 aliphatic rings. The van der Waals surface area contributed by atoms with Gasteiger partial charge >= 0.3 is 0 Å². The zero-order valence-electron chi connectivity index (χ0n) is 26.3. The van der Waals surface area contributed by atoms with Crippen LogP contribution < -0.4 is 0 Å². The molecule has 0 N–H and O–H groups in total. The summed E-state index contributed by atoms with van der Waals surface area (Å²) < 4.78 is 7.24. The Balaban J connectivity index is 1.28. The Morgan fingerprint density at radius 2 is 1.02 bits per heavy atom. The molecule has 5 heterocycles. The van der Waals surface area contributed by atoms with E-state index in [0.717, 1.165) is 27.9 Å². The van der Waals surface area contributed by atoms with Gasteiger partial charge in [-0.25, -0.2) is 4.98 Å². The largest absolute Gasteiger partial charge is 0.308 e. The van der Waals surface area contributed by atoms with Gasteiger partial charge in [-0.3, -0.25) is 4.57 Å². The van der Waals surface area contributed by atoms with Crippen molar-refractivity contribution in [2.45, 2.75) is 0 Å². The molecule has 5 aromatic heterocycles. The van der Waals surface area contributed by atoms with Gasteiger partial charge < -0.3 is 8.97 Å². The zero-order valence-corrected chi connectivity index (χ0v) is 26.3. The third kappa shape index (κ3) is 3.12. The second-order valence-electron chi connectivity index (χ2n) is 13.2. The van der Waals surface area contributed by atoms with E-state index in [4.69, 9.17) is 4.98 Å². The summed E-state index contributed by atoms with van der Waals surface area (Å²) >= 11 is 0. The summed E-state index contributed by atoms with van der Waals surface area (Å²) in [4.78, 5) is 5.23. The van der Waals surface area contributed by atoms with Crippen LogP contribution in [0.5, 0.6) is 0 Å². The number of hydrogen-bond acceptors (Lipinski definition) is 1. The van der Waals surface area contributed by atoms with Crippen LogP contribution >= 0.6 is 0 Å². The van der Waals surface area contributed by atoms with Crippen molar-refractivity contribution < 1.29 is 0 Å². The fourth-order valence-electron chi connectivity index (χ4n) is 8.84. The number of aromatic nitrogens is 4. The van der Waals surface area contributed by atoms with Gasteiger partial charge in [-0.05, 0) is 47.9 Å². The van der Waals surface area contributed by atoms with E-state index in [2.05, 4.69) is 171 Å². The summed E-state index contributed by atoms with van der Waals surface area (Å²) in [5.74, 6) is 0. The lowest BCUT2D eigenvalue weighted by Gasteiger charge is -2.10. The number of pyridine rings is 1. The van der Waals surface area contributed by atoms with E-state index in [9.17, 15) is 0 Å². The van der Waals surface area contributed by atoms with Crippen molar-refractivity contribution in [2.24, 2.45) is 0 Å². The summed E-state index contributed by atoms with van der Waals surface area (Å²) in [6, 6.07) is 55.1. The molecule has 7 aromatic carbocycles. The quantitative estimate of drug-likeness (QED) is 0.188. The van der Waals surface area contributed by atoms with E-state index in [-0.39, 0.29) is 0 Å². The smallest absolute Gasteiger partial charge is 0.145 e. The van der Waals surface area contributed by atoms with Crippen molar-refractivity contribution in [3.8, 4) is 11.4 Å². The lowest BCUT2D eigenvalue weighted by atomic mass is 10.00. The van der Waals surface area contributed by atoms with Crippen molar-refractivity contribution in [1.82, 2.24) is 18.5 Å². The summed E-state index contributed by atoms with van der Waals surface area (Å²) in [5, 5.41) is 12.6. The number of hydrogen-bond donors (Lipinski definition) is 0. The highest BCUT2D eigenvalue weighted by Gasteiger charge is 2.25. The van der Waals surface area contributed by atoms with Crippen molar-refractivity contribution in [2.75, 3.05) is 0 Å². The molecule has 4 nitrogen and oxygen atoms in total. The molecule has 12 rings (SSSR count). The van der Waals surface area contributed by atoms with Gasteiger partial charge in [-0.1, -0.05) is 109 Å². The molecule has 4 heteroatoms. The van der Waals surface area contributed by atoms with Gasteiger partial charge in [0.25, 0.3) is 0 Å². The SMILES string of the molecule is c1ccc(-n2c3ccccc3c3cc(-n4c5ccccc5c5c6c7ccc8ccccc8c7n7c8ccccc8c(cc54)c67)cnc32)cc1. The first kappa shape index (κ1) is 25.4. The first-order valence-electron chi connectivity index (χ1n) is 16.8. The predicted octanol–water partition coefficient (Wildman–Crippen LogP) is 11.6. The summed E-state index contributed by atoms with van der Waals surface area (Å²) in [6.45, 7) is 0. The van der Waals surface area contributed by atoms with Gasteiger partial charge in [0.15, 0.2) is 0 Å². The van der Waals surface area contributed by atoms with Gasteiger partial charge in [0, 0.05) is 54.2 Å². The molecule has 12 aromatic rings. The standard InChI is InChI=1S/C45H26N4/c1-2-13-28(14-3-1)48-37-19-9-7-17-32(37)36-24-29(26-46-45(36)48)47-39-21-11-8-18-33(39)41-40(47)25-35-31-16-6-10-20-38(31)49-43-30-15-5-4-12-27(30)22-23-34(43)42(41)44(35)49/h1-26H. The van der Waals surface area contributed by atoms with Crippen LogP contribution in [0.25, 0.3) is 104 Å². The molecule has 0 saturated carbocycles. The number of rotatable bonds is 2. The highest BCUT2D eigenvalue weighted by atomic mass is 15.1. The van der Waals surface area contributed by atoms with E-state index in [0.29, 0.717) is 0 Å². The number of benzene rings is 7. The molecule has 0 atom stereocenters. The molecule has 0 aliphatic carbocycles. The summed E-state index contributed by atoms with van der Waals surface area (Å²) in [6.07, 6.45) is 2.06. The van der Waals surface area contributed by atoms with Crippen LogP contribution in [0.4, 0.5) is 0 Å². The van der Waals surface area contributed by atoms with E-state index < -0.39 is 0 Å². The Bertz CT molecular complexity index is 3320.